The monoisotopic (exact) mass is 333 g/mol. The van der Waals surface area contributed by atoms with Crippen LogP contribution in [0.2, 0.25) is 0 Å². The third-order valence-electron chi connectivity index (χ3n) is 3.17. The number of hydrogen-bond acceptors (Lipinski definition) is 2. The van der Waals surface area contributed by atoms with Gasteiger partial charge >= 0.3 is 0 Å². The number of aryl methyl sites for hydroxylation is 1. The molecular formula is C17H20BrNO. The number of nitrogens with two attached hydrogens (primary N) is 1. The molecule has 2 nitrogen and oxygen atoms in total. The molecule has 0 spiro atoms. The van der Waals surface area contributed by atoms with Crippen molar-refractivity contribution >= 4 is 15.9 Å². The first-order valence-corrected chi connectivity index (χ1v) is 7.54. The molecule has 0 radical (unpaired) electrons. The van der Waals surface area contributed by atoms with Crippen LogP contribution in [0.15, 0.2) is 53.0 Å². The van der Waals surface area contributed by atoms with Gasteiger partial charge in [-0.25, -0.2) is 0 Å². The first kappa shape index (κ1) is 15.2. The van der Waals surface area contributed by atoms with Gasteiger partial charge in [-0.15, -0.1) is 0 Å². The highest BCUT2D eigenvalue weighted by Crippen LogP contribution is 2.23. The molecular weight excluding hydrogens is 314 g/mol. The zero-order chi connectivity index (χ0) is 14.5. The van der Waals surface area contributed by atoms with Crippen LogP contribution >= 0.6 is 15.9 Å². The van der Waals surface area contributed by atoms with Gasteiger partial charge in [0.25, 0.3) is 0 Å². The van der Waals surface area contributed by atoms with Gasteiger partial charge in [-0.05, 0) is 37.1 Å². The Balaban J connectivity index is 2.10. The van der Waals surface area contributed by atoms with Crippen LogP contribution in [0, 0.1) is 6.92 Å². The Morgan fingerprint density at radius 2 is 1.90 bits per heavy atom. The van der Waals surface area contributed by atoms with E-state index in [0.717, 1.165) is 15.6 Å². The number of rotatable bonds is 5. The Morgan fingerprint density at radius 1 is 1.15 bits per heavy atom. The molecule has 106 valence electrons. The van der Waals surface area contributed by atoms with E-state index in [0.29, 0.717) is 6.61 Å². The largest absolute Gasteiger partial charge is 0.367 e. The van der Waals surface area contributed by atoms with Crippen molar-refractivity contribution in [1.82, 2.24) is 0 Å². The van der Waals surface area contributed by atoms with Gasteiger partial charge < -0.3 is 10.5 Å². The molecule has 0 aliphatic heterocycles. The molecule has 0 bridgehead atoms. The summed E-state index contributed by atoms with van der Waals surface area (Å²) < 4.78 is 7.10. The Hall–Kier alpha value is -1.16. The van der Waals surface area contributed by atoms with Gasteiger partial charge in [0.2, 0.25) is 0 Å². The molecule has 0 heterocycles. The minimum Gasteiger partial charge on any atom is -0.367 e. The molecule has 0 aliphatic carbocycles. The third kappa shape index (κ3) is 4.17. The van der Waals surface area contributed by atoms with Crippen LogP contribution in [0.3, 0.4) is 0 Å². The van der Waals surface area contributed by atoms with Crippen molar-refractivity contribution in [2.24, 2.45) is 5.73 Å². The topological polar surface area (TPSA) is 35.2 Å². The van der Waals surface area contributed by atoms with Gasteiger partial charge in [-0.3, -0.25) is 0 Å². The van der Waals surface area contributed by atoms with Crippen molar-refractivity contribution in [2.75, 3.05) is 0 Å². The summed E-state index contributed by atoms with van der Waals surface area (Å²) >= 11 is 3.47. The predicted molar refractivity (Wildman–Crippen MR) is 86.5 cm³/mol. The zero-order valence-corrected chi connectivity index (χ0v) is 13.4. The standard InChI is InChI=1S/C17H20BrNO/c1-12-5-3-7-15(9-12)17(13(2)19)20-11-14-6-4-8-16(18)10-14/h3-10,13,17H,11,19H2,1-2H3. The minimum atomic E-state index is -0.0890. The van der Waals surface area contributed by atoms with Crippen LogP contribution in [-0.2, 0) is 11.3 Å². The molecule has 2 atom stereocenters. The van der Waals surface area contributed by atoms with E-state index in [1.807, 2.05) is 25.1 Å². The van der Waals surface area contributed by atoms with Crippen LogP contribution in [0.5, 0.6) is 0 Å². The van der Waals surface area contributed by atoms with Gasteiger partial charge in [-0.1, -0.05) is 57.9 Å². The second-order valence-electron chi connectivity index (χ2n) is 5.13. The molecule has 20 heavy (non-hydrogen) atoms. The molecule has 2 N–H and O–H groups in total. The lowest BCUT2D eigenvalue weighted by molar-refractivity contribution is 0.0258. The van der Waals surface area contributed by atoms with Crippen molar-refractivity contribution in [3.05, 3.63) is 69.7 Å². The van der Waals surface area contributed by atoms with E-state index in [9.17, 15) is 0 Å². The Morgan fingerprint density at radius 3 is 2.55 bits per heavy atom. The zero-order valence-electron chi connectivity index (χ0n) is 11.8. The van der Waals surface area contributed by atoms with Crippen LogP contribution < -0.4 is 5.73 Å². The van der Waals surface area contributed by atoms with E-state index >= 15 is 0 Å². The van der Waals surface area contributed by atoms with Crippen molar-refractivity contribution < 1.29 is 4.74 Å². The van der Waals surface area contributed by atoms with E-state index in [-0.39, 0.29) is 12.1 Å². The van der Waals surface area contributed by atoms with Gasteiger partial charge in [0, 0.05) is 10.5 Å². The fourth-order valence-electron chi connectivity index (χ4n) is 2.21. The molecule has 0 saturated heterocycles. The van der Waals surface area contributed by atoms with E-state index in [2.05, 4.69) is 53.2 Å². The SMILES string of the molecule is Cc1cccc(C(OCc2cccc(Br)c2)C(C)N)c1. The Labute approximate surface area is 129 Å². The minimum absolute atomic E-state index is 0.0519. The maximum Gasteiger partial charge on any atom is 0.0977 e. The van der Waals surface area contributed by atoms with Crippen LogP contribution in [-0.4, -0.2) is 6.04 Å². The maximum atomic E-state index is 6.08. The average Bonchev–Trinajstić information content (AvgIpc) is 2.38. The van der Waals surface area contributed by atoms with Crippen molar-refractivity contribution in [3.63, 3.8) is 0 Å². The summed E-state index contributed by atoms with van der Waals surface area (Å²) in [6.45, 7) is 4.61. The predicted octanol–water partition coefficient (Wildman–Crippen LogP) is 4.36. The molecule has 2 unspecified atom stereocenters. The lowest BCUT2D eigenvalue weighted by Crippen LogP contribution is -2.27. The summed E-state index contributed by atoms with van der Waals surface area (Å²) in [5.74, 6) is 0. The summed E-state index contributed by atoms with van der Waals surface area (Å²) in [6.07, 6.45) is -0.0890. The summed E-state index contributed by atoms with van der Waals surface area (Å²) in [5, 5.41) is 0. The second kappa shape index (κ2) is 7.02. The molecule has 0 fully saturated rings. The number of halogens is 1. The van der Waals surface area contributed by atoms with Crippen LogP contribution in [0.1, 0.15) is 29.7 Å². The van der Waals surface area contributed by atoms with Gasteiger partial charge in [0.1, 0.15) is 0 Å². The Bertz CT molecular complexity index is 568. The summed E-state index contributed by atoms with van der Waals surface area (Å²) in [7, 11) is 0. The summed E-state index contributed by atoms with van der Waals surface area (Å²) in [5.41, 5.74) is 9.57. The molecule has 0 aliphatic rings. The normalized spacial score (nSPS) is 14.0. The second-order valence-corrected chi connectivity index (χ2v) is 6.05. The smallest absolute Gasteiger partial charge is 0.0977 e. The van der Waals surface area contributed by atoms with E-state index in [1.54, 1.807) is 0 Å². The van der Waals surface area contributed by atoms with Gasteiger partial charge in [0.05, 0.1) is 12.7 Å². The molecule has 2 aromatic rings. The highest BCUT2D eigenvalue weighted by atomic mass is 79.9. The summed E-state index contributed by atoms with van der Waals surface area (Å²) in [4.78, 5) is 0. The van der Waals surface area contributed by atoms with Crippen LogP contribution in [0.4, 0.5) is 0 Å². The van der Waals surface area contributed by atoms with Crippen molar-refractivity contribution in [3.8, 4) is 0 Å². The number of benzene rings is 2. The average molecular weight is 334 g/mol. The molecule has 2 rings (SSSR count). The third-order valence-corrected chi connectivity index (χ3v) is 3.66. The van der Waals surface area contributed by atoms with Crippen LogP contribution in [0.25, 0.3) is 0 Å². The van der Waals surface area contributed by atoms with Gasteiger partial charge in [0.15, 0.2) is 0 Å². The fraction of sp³-hybridized carbons (Fsp3) is 0.294. The highest BCUT2D eigenvalue weighted by Gasteiger charge is 2.17. The molecule has 3 heteroatoms. The molecule has 2 aromatic carbocycles. The van der Waals surface area contributed by atoms with Crippen molar-refractivity contribution in [1.29, 1.82) is 0 Å². The molecule has 0 saturated carbocycles. The lowest BCUT2D eigenvalue weighted by Gasteiger charge is -2.22. The highest BCUT2D eigenvalue weighted by molar-refractivity contribution is 9.10. The quantitative estimate of drug-likeness (QED) is 0.882. The Kier molecular flexibility index (Phi) is 5.35. The summed E-state index contributed by atoms with van der Waals surface area (Å²) in [6, 6.07) is 16.4. The molecule has 0 amide bonds. The van der Waals surface area contributed by atoms with Gasteiger partial charge in [-0.2, -0.15) is 0 Å². The number of hydrogen-bond donors (Lipinski definition) is 1. The van der Waals surface area contributed by atoms with E-state index in [1.165, 1.54) is 5.56 Å². The van der Waals surface area contributed by atoms with E-state index in [4.69, 9.17) is 10.5 Å². The first-order valence-electron chi connectivity index (χ1n) is 6.74. The maximum absolute atomic E-state index is 6.08. The van der Waals surface area contributed by atoms with Crippen molar-refractivity contribution in [2.45, 2.75) is 32.6 Å². The fourth-order valence-corrected chi connectivity index (χ4v) is 2.66. The molecule has 0 aromatic heterocycles. The lowest BCUT2D eigenvalue weighted by atomic mass is 10.0. The van der Waals surface area contributed by atoms with E-state index < -0.39 is 0 Å². The first-order chi connectivity index (χ1) is 9.56. The number of ether oxygens (including phenoxy) is 1.